The highest BCUT2D eigenvalue weighted by atomic mass is 79.9. The lowest BCUT2D eigenvalue weighted by Gasteiger charge is -2.02. The quantitative estimate of drug-likeness (QED) is 0.942. The zero-order valence-corrected chi connectivity index (χ0v) is 10.1. The third-order valence-corrected chi connectivity index (χ3v) is 2.56. The van der Waals surface area contributed by atoms with Crippen molar-refractivity contribution >= 4 is 21.9 Å². The van der Waals surface area contributed by atoms with Gasteiger partial charge in [-0.2, -0.15) is 4.98 Å². The van der Waals surface area contributed by atoms with Crippen LogP contribution >= 0.6 is 15.9 Å². The highest BCUT2D eigenvalue weighted by Gasteiger charge is 2.03. The van der Waals surface area contributed by atoms with Gasteiger partial charge in [0, 0.05) is 6.54 Å². The molecule has 2 rings (SSSR count). The molecular weight excluding hydrogens is 277 g/mol. The maximum Gasteiger partial charge on any atom is 0.321 e. The summed E-state index contributed by atoms with van der Waals surface area (Å²) in [7, 11) is 0. The molecule has 0 aliphatic heterocycles. The predicted octanol–water partition coefficient (Wildman–Crippen LogP) is 2.89. The molecule has 0 aliphatic carbocycles. The van der Waals surface area contributed by atoms with Crippen LogP contribution in [0.15, 0.2) is 27.2 Å². The van der Waals surface area contributed by atoms with Crippen LogP contribution in [0, 0.1) is 12.7 Å². The first-order valence-corrected chi connectivity index (χ1v) is 5.42. The van der Waals surface area contributed by atoms with Crippen molar-refractivity contribution in [1.82, 2.24) is 10.1 Å². The van der Waals surface area contributed by atoms with Crippen LogP contribution in [-0.2, 0) is 6.54 Å². The molecule has 0 bridgehead atoms. The highest BCUT2D eigenvalue weighted by Crippen LogP contribution is 2.17. The summed E-state index contributed by atoms with van der Waals surface area (Å²) < 4.78 is 18.3. The number of hydrogen-bond donors (Lipinski definition) is 1. The van der Waals surface area contributed by atoms with Crippen molar-refractivity contribution in [2.45, 2.75) is 13.5 Å². The molecule has 4 nitrogen and oxygen atoms in total. The van der Waals surface area contributed by atoms with Crippen LogP contribution < -0.4 is 5.32 Å². The van der Waals surface area contributed by atoms with Gasteiger partial charge in [0.1, 0.15) is 5.82 Å². The van der Waals surface area contributed by atoms with E-state index in [2.05, 4.69) is 31.4 Å². The molecule has 1 aromatic carbocycles. The first kappa shape index (κ1) is 11.1. The molecule has 0 saturated carbocycles. The minimum atomic E-state index is -0.280. The van der Waals surface area contributed by atoms with E-state index in [-0.39, 0.29) is 5.82 Å². The number of benzene rings is 1. The zero-order valence-electron chi connectivity index (χ0n) is 8.50. The molecule has 6 heteroatoms. The maximum absolute atomic E-state index is 13.0. The van der Waals surface area contributed by atoms with Crippen molar-refractivity contribution in [2.75, 3.05) is 5.32 Å². The van der Waals surface area contributed by atoms with Crippen LogP contribution in [0.4, 0.5) is 10.4 Å². The molecule has 0 fully saturated rings. The molecule has 2 aromatic rings. The molecule has 0 amide bonds. The fourth-order valence-corrected chi connectivity index (χ4v) is 1.62. The minimum Gasteiger partial charge on any atom is -0.334 e. The van der Waals surface area contributed by atoms with Crippen LogP contribution in [-0.4, -0.2) is 10.1 Å². The summed E-state index contributed by atoms with van der Waals surface area (Å²) in [5, 5.41) is 6.59. The molecule has 0 radical (unpaired) electrons. The molecule has 0 aliphatic rings. The van der Waals surface area contributed by atoms with Gasteiger partial charge in [-0.1, -0.05) is 11.2 Å². The molecule has 0 spiro atoms. The Hall–Kier alpha value is -1.43. The van der Waals surface area contributed by atoms with E-state index >= 15 is 0 Å². The molecule has 1 aromatic heterocycles. The van der Waals surface area contributed by atoms with E-state index in [0.29, 0.717) is 22.9 Å². The molecule has 16 heavy (non-hydrogen) atoms. The number of rotatable bonds is 3. The van der Waals surface area contributed by atoms with Crippen LogP contribution in [0.5, 0.6) is 0 Å². The van der Waals surface area contributed by atoms with Crippen molar-refractivity contribution in [3.63, 3.8) is 0 Å². The number of halogens is 2. The summed E-state index contributed by atoms with van der Waals surface area (Å²) in [4.78, 5) is 3.99. The van der Waals surface area contributed by atoms with Crippen molar-refractivity contribution in [1.29, 1.82) is 0 Å². The van der Waals surface area contributed by atoms with E-state index in [1.807, 2.05) is 0 Å². The minimum absolute atomic E-state index is 0.280. The van der Waals surface area contributed by atoms with Gasteiger partial charge in [0.15, 0.2) is 5.82 Å². The Labute approximate surface area is 100.0 Å². The van der Waals surface area contributed by atoms with Gasteiger partial charge in [0.25, 0.3) is 0 Å². The summed E-state index contributed by atoms with van der Waals surface area (Å²) in [6.07, 6.45) is 0. The number of nitrogens with zero attached hydrogens (tertiary/aromatic N) is 2. The second-order valence-electron chi connectivity index (χ2n) is 3.25. The van der Waals surface area contributed by atoms with Crippen molar-refractivity contribution in [3.8, 4) is 0 Å². The van der Waals surface area contributed by atoms with Gasteiger partial charge < -0.3 is 9.84 Å². The van der Waals surface area contributed by atoms with Gasteiger partial charge in [-0.25, -0.2) is 4.39 Å². The van der Waals surface area contributed by atoms with Crippen LogP contribution in [0.25, 0.3) is 0 Å². The van der Waals surface area contributed by atoms with E-state index in [1.54, 1.807) is 19.1 Å². The maximum atomic E-state index is 13.0. The Morgan fingerprint density at radius 1 is 1.50 bits per heavy atom. The third kappa shape index (κ3) is 2.57. The standard InChI is InChI=1S/C10H9BrFN3O/c1-6-14-10(16-15-6)13-5-7-2-3-9(12)8(11)4-7/h2-4H,5H2,1H3,(H,13,14,15). The van der Waals surface area contributed by atoms with E-state index in [9.17, 15) is 4.39 Å². The van der Waals surface area contributed by atoms with Crippen LogP contribution in [0.1, 0.15) is 11.4 Å². The first-order valence-electron chi connectivity index (χ1n) is 4.63. The predicted molar refractivity (Wildman–Crippen MR) is 60.5 cm³/mol. The monoisotopic (exact) mass is 285 g/mol. The first-order chi connectivity index (χ1) is 7.65. The molecule has 0 saturated heterocycles. The molecule has 1 heterocycles. The van der Waals surface area contributed by atoms with Crippen LogP contribution in [0.2, 0.25) is 0 Å². The largest absolute Gasteiger partial charge is 0.334 e. The SMILES string of the molecule is Cc1noc(NCc2ccc(F)c(Br)c2)n1. The molecule has 1 N–H and O–H groups in total. The summed E-state index contributed by atoms with van der Waals surface area (Å²) in [5.74, 6) is 0.292. The Bertz CT molecular complexity index is 501. The lowest BCUT2D eigenvalue weighted by Crippen LogP contribution is -1.99. The molecule has 0 unspecified atom stereocenters. The smallest absolute Gasteiger partial charge is 0.321 e. The van der Waals surface area contributed by atoms with E-state index < -0.39 is 0 Å². The fraction of sp³-hybridized carbons (Fsp3) is 0.200. The molecule has 0 atom stereocenters. The second-order valence-corrected chi connectivity index (χ2v) is 4.10. The van der Waals surface area contributed by atoms with Gasteiger partial charge in [-0.05, 0) is 40.5 Å². The van der Waals surface area contributed by atoms with Gasteiger partial charge in [0.2, 0.25) is 0 Å². The lowest BCUT2D eigenvalue weighted by atomic mass is 10.2. The third-order valence-electron chi connectivity index (χ3n) is 1.96. The van der Waals surface area contributed by atoms with Crippen molar-refractivity contribution in [2.24, 2.45) is 0 Å². The topological polar surface area (TPSA) is 51.0 Å². The van der Waals surface area contributed by atoms with Crippen molar-refractivity contribution in [3.05, 3.63) is 39.9 Å². The number of aryl methyl sites for hydroxylation is 1. The number of anilines is 1. The zero-order chi connectivity index (χ0) is 11.5. The Kier molecular flexibility index (Phi) is 3.19. The molecular formula is C10H9BrFN3O. The average molecular weight is 286 g/mol. The molecule has 84 valence electrons. The van der Waals surface area contributed by atoms with E-state index in [0.717, 1.165) is 5.56 Å². The van der Waals surface area contributed by atoms with Gasteiger partial charge in [0.05, 0.1) is 4.47 Å². The summed E-state index contributed by atoms with van der Waals surface area (Å²) in [6, 6.07) is 5.15. The summed E-state index contributed by atoms with van der Waals surface area (Å²) >= 11 is 3.12. The van der Waals surface area contributed by atoms with Crippen LogP contribution in [0.3, 0.4) is 0 Å². The van der Waals surface area contributed by atoms with Gasteiger partial charge in [-0.15, -0.1) is 0 Å². The van der Waals surface area contributed by atoms with E-state index in [4.69, 9.17) is 4.52 Å². The lowest BCUT2D eigenvalue weighted by molar-refractivity contribution is 0.425. The average Bonchev–Trinajstić information content (AvgIpc) is 2.66. The highest BCUT2D eigenvalue weighted by molar-refractivity contribution is 9.10. The Morgan fingerprint density at radius 3 is 2.94 bits per heavy atom. The summed E-state index contributed by atoms with van der Waals surface area (Å²) in [5.41, 5.74) is 0.920. The number of hydrogen-bond acceptors (Lipinski definition) is 4. The van der Waals surface area contributed by atoms with Gasteiger partial charge >= 0.3 is 6.01 Å². The van der Waals surface area contributed by atoms with Crippen molar-refractivity contribution < 1.29 is 8.91 Å². The Morgan fingerprint density at radius 2 is 2.31 bits per heavy atom. The second kappa shape index (κ2) is 4.61. The fourth-order valence-electron chi connectivity index (χ4n) is 1.20. The summed E-state index contributed by atoms with van der Waals surface area (Å²) in [6.45, 7) is 2.24. The normalized spacial score (nSPS) is 10.4. The number of nitrogens with one attached hydrogen (secondary N) is 1. The van der Waals surface area contributed by atoms with Gasteiger partial charge in [-0.3, -0.25) is 0 Å². The number of aromatic nitrogens is 2. The van der Waals surface area contributed by atoms with E-state index in [1.165, 1.54) is 6.07 Å². The Balaban J connectivity index is 2.02.